The van der Waals surface area contributed by atoms with E-state index >= 15 is 0 Å². The topological polar surface area (TPSA) is 148 Å². The SMILES string of the molecule is C=C(C)C(=O)OCCOC(=O)ONc1ccc(Cc2ccc(NOC(=O)OCCOC(=O)C(=C)C)cc2)cc1. The Morgan fingerprint density at radius 1 is 0.590 bits per heavy atom. The molecule has 0 fully saturated rings. The van der Waals surface area contributed by atoms with Gasteiger partial charge < -0.3 is 28.6 Å². The average Bonchev–Trinajstić information content (AvgIpc) is 2.92. The average molecular weight is 543 g/mol. The molecule has 0 saturated heterocycles. The van der Waals surface area contributed by atoms with E-state index in [1.807, 2.05) is 24.3 Å². The van der Waals surface area contributed by atoms with Crippen molar-refractivity contribution in [1.82, 2.24) is 0 Å². The molecule has 0 saturated carbocycles. The molecule has 0 spiro atoms. The van der Waals surface area contributed by atoms with Crippen molar-refractivity contribution in [2.24, 2.45) is 0 Å². The van der Waals surface area contributed by atoms with Crippen LogP contribution in [0.15, 0.2) is 72.8 Å². The van der Waals surface area contributed by atoms with Crippen LogP contribution in [0.5, 0.6) is 0 Å². The maximum atomic E-state index is 11.6. The first-order valence-electron chi connectivity index (χ1n) is 11.7. The van der Waals surface area contributed by atoms with Crippen LogP contribution in [0.2, 0.25) is 0 Å². The number of ether oxygens (including phenoxy) is 4. The van der Waals surface area contributed by atoms with E-state index in [1.165, 1.54) is 13.8 Å². The van der Waals surface area contributed by atoms with Gasteiger partial charge in [-0.25, -0.2) is 30.1 Å². The molecule has 208 valence electrons. The minimum atomic E-state index is -0.972. The second-order valence-corrected chi connectivity index (χ2v) is 8.01. The van der Waals surface area contributed by atoms with Gasteiger partial charge in [-0.3, -0.25) is 0 Å². The smallest absolute Gasteiger partial charge is 0.459 e. The van der Waals surface area contributed by atoms with Gasteiger partial charge in [0.15, 0.2) is 0 Å². The number of carbonyl (C=O) groups is 4. The molecular formula is C27H30N2O10. The molecule has 2 N–H and O–H groups in total. The van der Waals surface area contributed by atoms with Crippen molar-refractivity contribution < 1.29 is 47.8 Å². The lowest BCUT2D eigenvalue weighted by atomic mass is 10.0. The van der Waals surface area contributed by atoms with E-state index in [0.29, 0.717) is 17.8 Å². The Hall–Kier alpha value is -5.00. The van der Waals surface area contributed by atoms with Crippen molar-refractivity contribution in [3.63, 3.8) is 0 Å². The van der Waals surface area contributed by atoms with Crippen LogP contribution in [-0.4, -0.2) is 50.7 Å². The van der Waals surface area contributed by atoms with Gasteiger partial charge >= 0.3 is 24.2 Å². The highest BCUT2D eigenvalue weighted by molar-refractivity contribution is 5.87. The molecule has 0 atom stereocenters. The van der Waals surface area contributed by atoms with Crippen molar-refractivity contribution in [2.45, 2.75) is 20.3 Å². The number of rotatable bonds is 14. The summed E-state index contributed by atoms with van der Waals surface area (Å²) in [4.78, 5) is 55.2. The number of anilines is 2. The van der Waals surface area contributed by atoms with Crippen LogP contribution in [0.25, 0.3) is 0 Å². The molecule has 2 aromatic rings. The molecule has 12 heteroatoms. The lowest BCUT2D eigenvalue weighted by Gasteiger charge is -2.10. The Morgan fingerprint density at radius 2 is 0.923 bits per heavy atom. The van der Waals surface area contributed by atoms with Crippen LogP contribution in [0, 0.1) is 0 Å². The highest BCUT2D eigenvalue weighted by atomic mass is 16.8. The zero-order valence-corrected chi connectivity index (χ0v) is 21.7. The lowest BCUT2D eigenvalue weighted by molar-refractivity contribution is -0.140. The minimum absolute atomic E-state index is 0.109. The Morgan fingerprint density at radius 3 is 1.26 bits per heavy atom. The van der Waals surface area contributed by atoms with E-state index in [9.17, 15) is 19.2 Å². The maximum absolute atomic E-state index is 11.6. The summed E-state index contributed by atoms with van der Waals surface area (Å²) in [5.41, 5.74) is 8.51. The van der Waals surface area contributed by atoms with Crippen LogP contribution >= 0.6 is 0 Å². The third kappa shape index (κ3) is 12.2. The van der Waals surface area contributed by atoms with Crippen molar-refractivity contribution in [3.8, 4) is 0 Å². The molecule has 2 aromatic carbocycles. The fourth-order valence-electron chi connectivity index (χ4n) is 2.64. The number of hydrogen-bond acceptors (Lipinski definition) is 12. The molecule has 0 radical (unpaired) electrons. The van der Waals surface area contributed by atoms with Crippen molar-refractivity contribution in [2.75, 3.05) is 37.4 Å². The van der Waals surface area contributed by atoms with E-state index in [2.05, 4.69) is 24.1 Å². The number of nitrogens with one attached hydrogen (secondary N) is 2. The summed E-state index contributed by atoms with van der Waals surface area (Å²) in [6, 6.07) is 14.3. The first-order chi connectivity index (χ1) is 18.6. The zero-order chi connectivity index (χ0) is 28.6. The third-order valence-corrected chi connectivity index (χ3v) is 4.59. The summed E-state index contributed by atoms with van der Waals surface area (Å²) >= 11 is 0. The third-order valence-electron chi connectivity index (χ3n) is 4.59. The van der Waals surface area contributed by atoms with Crippen molar-refractivity contribution in [1.29, 1.82) is 0 Å². The van der Waals surface area contributed by atoms with Crippen LogP contribution in [-0.2, 0) is 44.6 Å². The molecule has 12 nitrogen and oxygen atoms in total. The van der Waals surface area contributed by atoms with Gasteiger partial charge in [0.05, 0.1) is 11.4 Å². The summed E-state index contributed by atoms with van der Waals surface area (Å²) in [5, 5.41) is 0. The molecule has 0 aliphatic carbocycles. The molecule has 2 rings (SSSR count). The molecule has 0 aliphatic rings. The lowest BCUT2D eigenvalue weighted by Crippen LogP contribution is -2.17. The first-order valence-corrected chi connectivity index (χ1v) is 11.7. The van der Waals surface area contributed by atoms with E-state index in [-0.39, 0.29) is 37.6 Å². The van der Waals surface area contributed by atoms with E-state index in [4.69, 9.17) is 28.6 Å². The number of carbonyl (C=O) groups excluding carboxylic acids is 4. The molecule has 0 heterocycles. The van der Waals surface area contributed by atoms with Crippen LogP contribution in [0.3, 0.4) is 0 Å². The largest absolute Gasteiger partial charge is 0.533 e. The molecule has 0 amide bonds. The van der Waals surface area contributed by atoms with Crippen LogP contribution in [0.4, 0.5) is 21.0 Å². The molecule has 0 aromatic heterocycles. The zero-order valence-electron chi connectivity index (χ0n) is 21.7. The summed E-state index contributed by atoms with van der Waals surface area (Å²) in [6.45, 7) is 9.38. The number of hydrogen-bond donors (Lipinski definition) is 2. The molecular weight excluding hydrogens is 512 g/mol. The molecule has 39 heavy (non-hydrogen) atoms. The van der Waals surface area contributed by atoms with E-state index in [1.54, 1.807) is 24.3 Å². The Kier molecular flexibility index (Phi) is 12.4. The Labute approximate surface area is 225 Å². The van der Waals surface area contributed by atoms with Crippen LogP contribution < -0.4 is 11.0 Å². The predicted octanol–water partition coefficient (Wildman–Crippen LogP) is 4.48. The second-order valence-electron chi connectivity index (χ2n) is 8.01. The summed E-state index contributed by atoms with van der Waals surface area (Å²) in [6.07, 6.45) is -1.32. The van der Waals surface area contributed by atoms with Gasteiger partial charge in [0.1, 0.15) is 26.4 Å². The predicted molar refractivity (Wildman–Crippen MR) is 139 cm³/mol. The van der Waals surface area contributed by atoms with Crippen molar-refractivity contribution in [3.05, 3.63) is 84.0 Å². The van der Waals surface area contributed by atoms with E-state index in [0.717, 1.165) is 11.1 Å². The Balaban J connectivity index is 1.66. The molecule has 0 bridgehead atoms. The number of esters is 2. The van der Waals surface area contributed by atoms with Gasteiger partial charge in [0, 0.05) is 11.1 Å². The highest BCUT2D eigenvalue weighted by Crippen LogP contribution is 2.16. The van der Waals surface area contributed by atoms with Gasteiger partial charge in [-0.15, -0.1) is 0 Å². The molecule has 0 aliphatic heterocycles. The fourth-order valence-corrected chi connectivity index (χ4v) is 2.64. The van der Waals surface area contributed by atoms with Gasteiger partial charge in [-0.05, 0) is 55.7 Å². The normalized spacial score (nSPS) is 9.90. The summed E-state index contributed by atoms with van der Waals surface area (Å²) in [7, 11) is 0. The summed E-state index contributed by atoms with van der Waals surface area (Å²) < 4.78 is 19.2. The minimum Gasteiger partial charge on any atom is -0.459 e. The van der Waals surface area contributed by atoms with E-state index < -0.39 is 24.2 Å². The van der Waals surface area contributed by atoms with Gasteiger partial charge in [0.25, 0.3) is 0 Å². The Bertz CT molecular complexity index is 1070. The monoisotopic (exact) mass is 542 g/mol. The van der Waals surface area contributed by atoms with Gasteiger partial charge in [-0.1, -0.05) is 37.4 Å². The highest BCUT2D eigenvalue weighted by Gasteiger charge is 2.09. The maximum Gasteiger partial charge on any atom is 0.533 e. The van der Waals surface area contributed by atoms with Gasteiger partial charge in [-0.2, -0.15) is 0 Å². The fraction of sp³-hybridized carbons (Fsp3) is 0.259. The molecule has 0 unspecified atom stereocenters. The summed E-state index contributed by atoms with van der Waals surface area (Å²) in [5.74, 6) is -1.13. The van der Waals surface area contributed by atoms with Gasteiger partial charge in [0.2, 0.25) is 0 Å². The first kappa shape index (κ1) is 30.2. The second kappa shape index (κ2) is 16.0. The number of benzene rings is 2. The van der Waals surface area contributed by atoms with Crippen LogP contribution in [0.1, 0.15) is 25.0 Å². The quantitative estimate of drug-likeness (QED) is 0.114. The van der Waals surface area contributed by atoms with Crippen molar-refractivity contribution >= 4 is 35.6 Å². The standard InChI is InChI=1S/C27H30N2O10/c1-18(2)24(30)34-13-15-36-26(32)38-28-22-9-5-20(6-10-22)17-21-7-11-23(12-8-21)29-39-27(33)37-16-14-35-25(31)19(3)4/h5-12,28-29H,1,3,13-17H2,2,4H3.